The van der Waals surface area contributed by atoms with Gasteiger partial charge in [-0.1, -0.05) is 6.07 Å². The highest BCUT2D eigenvalue weighted by molar-refractivity contribution is 5.86. The molecule has 27 heavy (non-hydrogen) atoms. The number of hydrogen-bond acceptors (Lipinski definition) is 7. The summed E-state index contributed by atoms with van der Waals surface area (Å²) in [6.07, 6.45) is 0.413. The molecule has 1 N–H and O–H groups in total. The number of ether oxygens (including phenoxy) is 4. The average molecular weight is 373 g/mol. The summed E-state index contributed by atoms with van der Waals surface area (Å²) in [7, 11) is 0. The summed E-state index contributed by atoms with van der Waals surface area (Å²) in [5.41, 5.74) is 1.61. The topological polar surface area (TPSA) is 100 Å². The van der Waals surface area contributed by atoms with Crippen LogP contribution in [0.3, 0.4) is 0 Å². The van der Waals surface area contributed by atoms with Crippen LogP contribution in [0.5, 0.6) is 11.5 Å². The van der Waals surface area contributed by atoms with Crippen LogP contribution in [0.1, 0.15) is 25.8 Å². The van der Waals surface area contributed by atoms with Crippen LogP contribution in [0, 0.1) is 5.92 Å². The molecule has 0 radical (unpaired) electrons. The third-order valence-electron chi connectivity index (χ3n) is 4.90. The van der Waals surface area contributed by atoms with E-state index in [1.165, 1.54) is 13.8 Å². The molecular weight excluding hydrogens is 354 g/mol. The highest BCUT2D eigenvalue weighted by atomic mass is 16.7. The number of esters is 2. The Balaban J connectivity index is 1.76. The van der Waals surface area contributed by atoms with Gasteiger partial charge >= 0.3 is 11.9 Å². The largest absolute Gasteiger partial charge is 0.458 e. The molecule has 8 heteroatoms. The molecule has 1 saturated heterocycles. The van der Waals surface area contributed by atoms with E-state index >= 15 is 0 Å². The number of nitrogens with one attached hydrogen (secondary N) is 1. The zero-order chi connectivity index (χ0) is 19.1. The van der Waals surface area contributed by atoms with E-state index in [0.717, 1.165) is 11.1 Å². The molecule has 1 aliphatic carbocycles. The SMILES string of the molecule is CC(=O)O[C@H]1[C@H]2CC(=O)N[C@H]2C(c2ccc3c(c2)OCO3)=C[C@@H]1OC(C)=O. The van der Waals surface area contributed by atoms with Gasteiger partial charge in [0.15, 0.2) is 17.6 Å². The quantitative estimate of drug-likeness (QED) is 0.794. The fourth-order valence-electron chi connectivity index (χ4n) is 3.90. The molecule has 1 fully saturated rings. The van der Waals surface area contributed by atoms with Crippen LogP contribution < -0.4 is 14.8 Å². The first-order chi connectivity index (χ1) is 12.9. The molecule has 0 saturated carbocycles. The normalized spacial score (nSPS) is 28.1. The number of hydrogen-bond donors (Lipinski definition) is 1. The number of amides is 1. The summed E-state index contributed by atoms with van der Waals surface area (Å²) in [4.78, 5) is 35.3. The number of carbonyl (C=O) groups excluding carboxylic acids is 3. The van der Waals surface area contributed by atoms with Crippen molar-refractivity contribution in [2.75, 3.05) is 6.79 Å². The number of rotatable bonds is 3. The number of benzene rings is 1. The molecule has 0 aromatic heterocycles. The Labute approximate surface area is 155 Å². The Kier molecular flexibility index (Phi) is 4.25. The van der Waals surface area contributed by atoms with Crippen LogP contribution in [0.2, 0.25) is 0 Å². The second-order valence-electron chi connectivity index (χ2n) is 6.75. The van der Waals surface area contributed by atoms with Crippen molar-refractivity contribution in [3.05, 3.63) is 29.8 Å². The molecule has 2 aliphatic heterocycles. The van der Waals surface area contributed by atoms with Gasteiger partial charge in [0.1, 0.15) is 6.10 Å². The molecule has 1 amide bonds. The van der Waals surface area contributed by atoms with Crippen LogP contribution in [0.4, 0.5) is 0 Å². The fourth-order valence-corrected chi connectivity index (χ4v) is 3.90. The van der Waals surface area contributed by atoms with Crippen LogP contribution in [-0.4, -0.2) is 42.9 Å². The van der Waals surface area contributed by atoms with E-state index < -0.39 is 24.1 Å². The van der Waals surface area contributed by atoms with Gasteiger partial charge in [-0.05, 0) is 29.3 Å². The summed E-state index contributed by atoms with van der Waals surface area (Å²) >= 11 is 0. The van der Waals surface area contributed by atoms with Crippen LogP contribution in [0.25, 0.3) is 5.57 Å². The van der Waals surface area contributed by atoms with Crippen LogP contribution >= 0.6 is 0 Å². The predicted octanol–water partition coefficient (Wildman–Crippen LogP) is 1.18. The average Bonchev–Trinajstić information content (AvgIpc) is 3.21. The Morgan fingerprint density at radius 1 is 1.11 bits per heavy atom. The molecule has 0 bridgehead atoms. The summed E-state index contributed by atoms with van der Waals surface area (Å²) in [6.45, 7) is 2.75. The minimum atomic E-state index is -0.777. The summed E-state index contributed by atoms with van der Waals surface area (Å²) in [5, 5.41) is 2.94. The lowest BCUT2D eigenvalue weighted by Gasteiger charge is -2.37. The Hall–Kier alpha value is -3.03. The van der Waals surface area contributed by atoms with E-state index in [0.29, 0.717) is 11.5 Å². The molecule has 142 valence electrons. The second kappa shape index (κ2) is 6.61. The summed E-state index contributed by atoms with van der Waals surface area (Å²) in [5.74, 6) is -0.199. The molecule has 1 aromatic rings. The zero-order valence-electron chi connectivity index (χ0n) is 14.9. The smallest absolute Gasteiger partial charge is 0.303 e. The van der Waals surface area contributed by atoms with Crippen molar-refractivity contribution >= 4 is 23.4 Å². The lowest BCUT2D eigenvalue weighted by atomic mass is 9.78. The van der Waals surface area contributed by atoms with Gasteiger partial charge < -0.3 is 24.3 Å². The molecule has 1 aromatic carbocycles. The third kappa shape index (κ3) is 3.22. The summed E-state index contributed by atoms with van der Waals surface area (Å²) < 4.78 is 21.6. The van der Waals surface area contributed by atoms with E-state index in [1.807, 2.05) is 12.1 Å². The molecule has 4 atom stereocenters. The number of carbonyl (C=O) groups is 3. The minimum absolute atomic E-state index is 0.141. The van der Waals surface area contributed by atoms with Crippen molar-refractivity contribution in [2.45, 2.75) is 38.5 Å². The molecule has 0 spiro atoms. The zero-order valence-corrected chi connectivity index (χ0v) is 14.9. The maximum absolute atomic E-state index is 12.1. The van der Waals surface area contributed by atoms with Gasteiger partial charge in [-0.3, -0.25) is 14.4 Å². The van der Waals surface area contributed by atoms with Crippen molar-refractivity contribution in [1.82, 2.24) is 5.32 Å². The van der Waals surface area contributed by atoms with E-state index in [4.69, 9.17) is 18.9 Å². The van der Waals surface area contributed by atoms with Gasteiger partial charge in [-0.25, -0.2) is 0 Å². The molecular formula is C19H19NO7. The lowest BCUT2D eigenvalue weighted by Crippen LogP contribution is -2.48. The van der Waals surface area contributed by atoms with E-state index in [9.17, 15) is 14.4 Å². The number of fused-ring (bicyclic) bond motifs is 2. The third-order valence-corrected chi connectivity index (χ3v) is 4.90. The Bertz CT molecular complexity index is 846. The Morgan fingerprint density at radius 2 is 1.85 bits per heavy atom. The molecule has 0 unspecified atom stereocenters. The highest BCUT2D eigenvalue weighted by Gasteiger charge is 2.49. The van der Waals surface area contributed by atoms with E-state index in [1.54, 1.807) is 12.1 Å². The maximum atomic E-state index is 12.1. The van der Waals surface area contributed by atoms with E-state index in [2.05, 4.69) is 5.32 Å². The van der Waals surface area contributed by atoms with Gasteiger partial charge in [0.25, 0.3) is 0 Å². The van der Waals surface area contributed by atoms with Crippen LogP contribution in [0.15, 0.2) is 24.3 Å². The van der Waals surface area contributed by atoms with Crippen molar-refractivity contribution in [1.29, 1.82) is 0 Å². The monoisotopic (exact) mass is 373 g/mol. The molecule has 8 nitrogen and oxygen atoms in total. The predicted molar refractivity (Wildman–Crippen MR) is 91.7 cm³/mol. The van der Waals surface area contributed by atoms with E-state index in [-0.39, 0.29) is 31.1 Å². The first kappa shape index (κ1) is 17.4. The molecule has 4 rings (SSSR count). The molecule has 2 heterocycles. The fraction of sp³-hybridized carbons (Fsp3) is 0.421. The lowest BCUT2D eigenvalue weighted by molar-refractivity contribution is -0.166. The Morgan fingerprint density at radius 3 is 2.59 bits per heavy atom. The van der Waals surface area contributed by atoms with Crippen LogP contribution in [-0.2, 0) is 23.9 Å². The summed E-state index contributed by atoms with van der Waals surface area (Å²) in [6, 6.07) is 5.13. The molecule has 3 aliphatic rings. The highest BCUT2D eigenvalue weighted by Crippen LogP contribution is 2.42. The standard InChI is InChI=1S/C19H19NO7/c1-9(21)26-16-6-12(11-3-4-14-15(5-11)25-8-24-14)18-13(7-17(23)20-18)19(16)27-10(2)22/h3-6,13,16,18-19H,7-8H2,1-2H3,(H,20,23)/t13-,16-,18-,19-/m0/s1. The van der Waals surface area contributed by atoms with Gasteiger partial charge in [-0.2, -0.15) is 0 Å². The van der Waals surface area contributed by atoms with Gasteiger partial charge in [0.2, 0.25) is 12.7 Å². The van der Waals surface area contributed by atoms with Gasteiger partial charge in [-0.15, -0.1) is 0 Å². The van der Waals surface area contributed by atoms with Crippen molar-refractivity contribution in [3.63, 3.8) is 0 Å². The first-order valence-corrected chi connectivity index (χ1v) is 8.68. The first-order valence-electron chi connectivity index (χ1n) is 8.68. The minimum Gasteiger partial charge on any atom is -0.458 e. The van der Waals surface area contributed by atoms with Gasteiger partial charge in [0.05, 0.1) is 6.04 Å². The maximum Gasteiger partial charge on any atom is 0.303 e. The van der Waals surface area contributed by atoms with Crippen molar-refractivity contribution < 1.29 is 33.3 Å². The van der Waals surface area contributed by atoms with Crippen molar-refractivity contribution in [3.8, 4) is 11.5 Å². The second-order valence-corrected chi connectivity index (χ2v) is 6.75. The van der Waals surface area contributed by atoms with Gasteiger partial charge in [0, 0.05) is 26.2 Å². The van der Waals surface area contributed by atoms with Crippen molar-refractivity contribution in [2.24, 2.45) is 5.92 Å².